The van der Waals surface area contributed by atoms with Gasteiger partial charge in [-0.2, -0.15) is 0 Å². The molecule has 5 heteroatoms. The molecule has 0 aromatic carbocycles. The molecule has 1 unspecified atom stereocenters. The van der Waals surface area contributed by atoms with Crippen LogP contribution in [-0.2, 0) is 14.4 Å². The summed E-state index contributed by atoms with van der Waals surface area (Å²) in [5.74, 6) is -0.329. The number of carbonyl (C=O) groups excluding carboxylic acids is 3. The van der Waals surface area contributed by atoms with Gasteiger partial charge in [-0.15, -0.1) is 0 Å². The van der Waals surface area contributed by atoms with Crippen molar-refractivity contribution >= 4 is 18.1 Å². The summed E-state index contributed by atoms with van der Waals surface area (Å²) in [7, 11) is 1.53. The van der Waals surface area contributed by atoms with Crippen molar-refractivity contribution in [2.24, 2.45) is 0 Å². The van der Waals surface area contributed by atoms with Crippen LogP contribution in [0.25, 0.3) is 0 Å². The smallest absolute Gasteiger partial charge is 0.250 e. The molecule has 0 aromatic heterocycles. The Labute approximate surface area is 101 Å². The Bertz CT molecular complexity index is 374. The highest BCUT2D eigenvalue weighted by atomic mass is 16.2. The second kappa shape index (κ2) is 5.61. The second-order valence-corrected chi connectivity index (χ2v) is 4.21. The van der Waals surface area contributed by atoms with E-state index in [0.29, 0.717) is 18.5 Å². The molecule has 17 heavy (non-hydrogen) atoms. The molecular formula is C12H18N2O3. The Hall–Kier alpha value is -1.65. The summed E-state index contributed by atoms with van der Waals surface area (Å²) in [5, 5.41) is 2.53. The van der Waals surface area contributed by atoms with Crippen molar-refractivity contribution in [2.75, 3.05) is 13.6 Å². The van der Waals surface area contributed by atoms with Crippen molar-refractivity contribution in [2.45, 2.75) is 32.7 Å². The highest BCUT2D eigenvalue weighted by Crippen LogP contribution is 2.22. The predicted molar refractivity (Wildman–Crippen MR) is 63.2 cm³/mol. The molecule has 1 atom stereocenters. The molecule has 1 heterocycles. The minimum atomic E-state index is -0.551. The van der Waals surface area contributed by atoms with Crippen molar-refractivity contribution < 1.29 is 14.4 Å². The minimum absolute atomic E-state index is 0.109. The average Bonchev–Trinajstić information content (AvgIpc) is 2.57. The molecule has 94 valence electrons. The van der Waals surface area contributed by atoms with Crippen LogP contribution in [0, 0.1) is 0 Å². The molecule has 0 spiro atoms. The minimum Gasteiger partial charge on any atom is -0.357 e. The van der Waals surface area contributed by atoms with Crippen LogP contribution < -0.4 is 5.32 Å². The molecule has 0 fully saturated rings. The third-order valence-electron chi connectivity index (χ3n) is 3.11. The van der Waals surface area contributed by atoms with Gasteiger partial charge in [0.25, 0.3) is 0 Å². The molecule has 0 saturated carbocycles. The van der Waals surface area contributed by atoms with Crippen LogP contribution >= 0.6 is 0 Å². The maximum Gasteiger partial charge on any atom is 0.250 e. The van der Waals surface area contributed by atoms with Gasteiger partial charge in [0.1, 0.15) is 12.3 Å². The van der Waals surface area contributed by atoms with E-state index in [2.05, 4.69) is 5.32 Å². The lowest BCUT2D eigenvalue weighted by atomic mass is 10.1. The topological polar surface area (TPSA) is 66.5 Å². The summed E-state index contributed by atoms with van der Waals surface area (Å²) in [6, 6.07) is -0.551. The Kier molecular flexibility index (Phi) is 4.43. The fraction of sp³-hybridized carbons (Fsp3) is 0.583. The third-order valence-corrected chi connectivity index (χ3v) is 3.11. The number of nitrogens with one attached hydrogen (secondary N) is 1. The van der Waals surface area contributed by atoms with Gasteiger partial charge >= 0.3 is 0 Å². The Balaban J connectivity index is 2.83. The Morgan fingerprint density at radius 1 is 1.53 bits per heavy atom. The lowest BCUT2D eigenvalue weighted by Crippen LogP contribution is -2.47. The number of hydrogen-bond donors (Lipinski definition) is 1. The number of aldehydes is 1. The molecule has 0 aliphatic carbocycles. The van der Waals surface area contributed by atoms with E-state index in [1.54, 1.807) is 6.92 Å². The van der Waals surface area contributed by atoms with Crippen molar-refractivity contribution in [3.63, 3.8) is 0 Å². The van der Waals surface area contributed by atoms with E-state index in [-0.39, 0.29) is 18.2 Å². The summed E-state index contributed by atoms with van der Waals surface area (Å²) in [6.07, 6.45) is 1.42. The summed E-state index contributed by atoms with van der Waals surface area (Å²) in [6.45, 7) is 4.12. The first-order valence-electron chi connectivity index (χ1n) is 5.65. The van der Waals surface area contributed by atoms with Gasteiger partial charge in [0.2, 0.25) is 11.8 Å². The maximum atomic E-state index is 11.9. The van der Waals surface area contributed by atoms with Crippen molar-refractivity contribution in [1.82, 2.24) is 10.2 Å². The van der Waals surface area contributed by atoms with E-state index in [0.717, 1.165) is 11.9 Å². The third kappa shape index (κ3) is 2.72. The van der Waals surface area contributed by atoms with Gasteiger partial charge in [0.15, 0.2) is 0 Å². The number of carbonyl (C=O) groups is 3. The first-order chi connectivity index (χ1) is 8.02. The monoisotopic (exact) mass is 238 g/mol. The van der Waals surface area contributed by atoms with Crippen molar-refractivity contribution in [1.29, 1.82) is 0 Å². The molecule has 0 radical (unpaired) electrons. The van der Waals surface area contributed by atoms with E-state index in [9.17, 15) is 14.4 Å². The molecule has 1 aliphatic rings. The average molecular weight is 238 g/mol. The largest absolute Gasteiger partial charge is 0.357 e. The zero-order chi connectivity index (χ0) is 13.0. The molecule has 0 bridgehead atoms. The van der Waals surface area contributed by atoms with Crippen molar-refractivity contribution in [3.8, 4) is 0 Å². The second-order valence-electron chi connectivity index (χ2n) is 4.21. The number of likely N-dealkylation sites (N-methyl/N-ethyl adjacent to an activating group) is 1. The summed E-state index contributed by atoms with van der Waals surface area (Å²) in [5.41, 5.74) is 1.68. The van der Waals surface area contributed by atoms with Crippen LogP contribution in [0.4, 0.5) is 0 Å². The van der Waals surface area contributed by atoms with Gasteiger partial charge in [-0.25, -0.2) is 0 Å². The standard InChI is InChI=1S/C12H18N2O3/c1-8-7-14(12(17)9(8)2)10(5-4-6-15)11(16)13-3/h6,10H,4-5,7H2,1-3H3,(H,13,16). The molecular weight excluding hydrogens is 220 g/mol. The maximum absolute atomic E-state index is 11.9. The fourth-order valence-electron chi connectivity index (χ4n) is 1.92. The van der Waals surface area contributed by atoms with E-state index < -0.39 is 6.04 Å². The lowest BCUT2D eigenvalue weighted by Gasteiger charge is -2.26. The van der Waals surface area contributed by atoms with E-state index in [4.69, 9.17) is 0 Å². The SMILES string of the molecule is CNC(=O)C(CCC=O)N1CC(C)=C(C)C1=O. The van der Waals surface area contributed by atoms with Gasteiger partial charge in [-0.05, 0) is 25.8 Å². The summed E-state index contributed by atoms with van der Waals surface area (Å²) >= 11 is 0. The zero-order valence-corrected chi connectivity index (χ0v) is 10.4. The van der Waals surface area contributed by atoms with Crippen LogP contribution in [-0.4, -0.2) is 42.6 Å². The lowest BCUT2D eigenvalue weighted by molar-refractivity contribution is -0.136. The Morgan fingerprint density at radius 3 is 2.59 bits per heavy atom. The molecule has 5 nitrogen and oxygen atoms in total. The highest BCUT2D eigenvalue weighted by Gasteiger charge is 2.34. The van der Waals surface area contributed by atoms with E-state index in [1.165, 1.54) is 11.9 Å². The quantitative estimate of drug-likeness (QED) is 0.699. The predicted octanol–water partition coefficient (Wildman–Crippen LogP) is 0.259. The molecule has 1 aliphatic heterocycles. The number of amides is 2. The Morgan fingerprint density at radius 2 is 2.18 bits per heavy atom. The zero-order valence-electron chi connectivity index (χ0n) is 10.4. The number of nitrogens with zero attached hydrogens (tertiary/aromatic N) is 1. The van der Waals surface area contributed by atoms with Gasteiger partial charge in [-0.3, -0.25) is 9.59 Å². The molecule has 0 saturated heterocycles. The molecule has 0 aromatic rings. The fourth-order valence-corrected chi connectivity index (χ4v) is 1.92. The van der Waals surface area contributed by atoms with Crippen LogP contribution in [0.3, 0.4) is 0 Å². The van der Waals surface area contributed by atoms with Crippen LogP contribution in [0.5, 0.6) is 0 Å². The number of rotatable bonds is 5. The van der Waals surface area contributed by atoms with Crippen LogP contribution in [0.2, 0.25) is 0 Å². The first kappa shape index (κ1) is 13.4. The van der Waals surface area contributed by atoms with Gasteiger partial charge in [0, 0.05) is 25.6 Å². The summed E-state index contributed by atoms with van der Waals surface area (Å²) in [4.78, 5) is 35.6. The van der Waals surface area contributed by atoms with E-state index in [1.807, 2.05) is 6.92 Å². The van der Waals surface area contributed by atoms with Crippen LogP contribution in [0.1, 0.15) is 26.7 Å². The number of hydrogen-bond acceptors (Lipinski definition) is 3. The van der Waals surface area contributed by atoms with E-state index >= 15 is 0 Å². The molecule has 2 amide bonds. The first-order valence-corrected chi connectivity index (χ1v) is 5.65. The molecule has 1 N–H and O–H groups in total. The van der Waals surface area contributed by atoms with Gasteiger partial charge in [-0.1, -0.05) is 0 Å². The van der Waals surface area contributed by atoms with Crippen LogP contribution in [0.15, 0.2) is 11.1 Å². The molecule has 1 rings (SSSR count). The summed E-state index contributed by atoms with van der Waals surface area (Å²) < 4.78 is 0. The van der Waals surface area contributed by atoms with Crippen molar-refractivity contribution in [3.05, 3.63) is 11.1 Å². The van der Waals surface area contributed by atoms with Gasteiger partial charge in [0.05, 0.1) is 0 Å². The van der Waals surface area contributed by atoms with Gasteiger partial charge < -0.3 is 15.0 Å². The normalized spacial score (nSPS) is 17.4. The highest BCUT2D eigenvalue weighted by molar-refractivity contribution is 5.99.